The van der Waals surface area contributed by atoms with E-state index < -0.39 is 0 Å². The zero-order valence-corrected chi connectivity index (χ0v) is 9.57. The van der Waals surface area contributed by atoms with Crippen LogP contribution >= 0.6 is 0 Å². The third-order valence-corrected chi connectivity index (χ3v) is 3.12. The van der Waals surface area contributed by atoms with Gasteiger partial charge in [-0.15, -0.1) is 0 Å². The topological polar surface area (TPSA) is 59.6 Å². The highest BCUT2D eigenvalue weighted by atomic mass is 14.9. The Kier molecular flexibility index (Phi) is 2.25. The summed E-state index contributed by atoms with van der Waals surface area (Å²) < 4.78 is 0. The molecule has 18 heavy (non-hydrogen) atoms. The van der Waals surface area contributed by atoms with E-state index in [2.05, 4.69) is 17.5 Å². The van der Waals surface area contributed by atoms with Gasteiger partial charge in [0.1, 0.15) is 0 Å². The Labute approximate surface area is 105 Å². The van der Waals surface area contributed by atoms with Gasteiger partial charge in [-0.25, -0.2) is 0 Å². The standard InChI is InChI=1S/C15H9N3/c16-8-10-1-3-14-12(5-10)7-13-6-11(9-17)2-4-15(13)18-14/h1-6,18H,7H2. The summed E-state index contributed by atoms with van der Waals surface area (Å²) in [5, 5.41) is 21.1. The van der Waals surface area contributed by atoms with Crippen LogP contribution in [0.25, 0.3) is 0 Å². The van der Waals surface area contributed by atoms with Crippen LogP contribution in [0.5, 0.6) is 0 Å². The van der Waals surface area contributed by atoms with Gasteiger partial charge in [-0.05, 0) is 47.5 Å². The molecule has 0 saturated heterocycles. The number of benzene rings is 2. The number of hydrogen-bond donors (Lipinski definition) is 1. The van der Waals surface area contributed by atoms with Gasteiger partial charge < -0.3 is 5.32 Å². The maximum atomic E-state index is 8.90. The zero-order valence-electron chi connectivity index (χ0n) is 9.57. The molecule has 3 heteroatoms. The molecule has 0 amide bonds. The second-order valence-corrected chi connectivity index (χ2v) is 4.27. The van der Waals surface area contributed by atoms with E-state index in [4.69, 9.17) is 10.5 Å². The molecule has 0 aliphatic carbocycles. The molecular formula is C15H9N3. The molecule has 0 unspecified atom stereocenters. The highest BCUT2D eigenvalue weighted by Crippen LogP contribution is 2.33. The normalized spacial score (nSPS) is 11.4. The first kappa shape index (κ1) is 10.4. The van der Waals surface area contributed by atoms with Crippen molar-refractivity contribution in [3.63, 3.8) is 0 Å². The number of nitrogens with zero attached hydrogens (tertiary/aromatic N) is 2. The molecule has 0 aromatic heterocycles. The minimum Gasteiger partial charge on any atom is -0.355 e. The number of fused-ring (bicyclic) bond motifs is 2. The summed E-state index contributed by atoms with van der Waals surface area (Å²) >= 11 is 0. The lowest BCUT2D eigenvalue weighted by Crippen LogP contribution is -2.07. The summed E-state index contributed by atoms with van der Waals surface area (Å²) in [5.74, 6) is 0. The number of nitrogens with one attached hydrogen (secondary N) is 1. The van der Waals surface area contributed by atoms with Crippen LogP contribution in [-0.4, -0.2) is 0 Å². The van der Waals surface area contributed by atoms with Crippen LogP contribution in [0.2, 0.25) is 0 Å². The highest BCUT2D eigenvalue weighted by Gasteiger charge is 2.15. The Bertz CT molecular complexity index is 656. The molecule has 3 nitrogen and oxygen atoms in total. The van der Waals surface area contributed by atoms with Gasteiger partial charge in [-0.1, -0.05) is 0 Å². The molecule has 0 bridgehead atoms. The van der Waals surface area contributed by atoms with Crippen LogP contribution < -0.4 is 5.32 Å². The van der Waals surface area contributed by atoms with Gasteiger partial charge >= 0.3 is 0 Å². The molecule has 1 aliphatic rings. The van der Waals surface area contributed by atoms with Gasteiger partial charge in [0.25, 0.3) is 0 Å². The molecule has 0 spiro atoms. The van der Waals surface area contributed by atoms with Crippen molar-refractivity contribution >= 4 is 11.4 Å². The highest BCUT2D eigenvalue weighted by molar-refractivity contribution is 5.73. The van der Waals surface area contributed by atoms with Crippen LogP contribution in [0.4, 0.5) is 11.4 Å². The van der Waals surface area contributed by atoms with Crippen molar-refractivity contribution in [1.29, 1.82) is 10.5 Å². The average Bonchev–Trinajstić information content (AvgIpc) is 2.43. The van der Waals surface area contributed by atoms with E-state index in [-0.39, 0.29) is 0 Å². The largest absolute Gasteiger partial charge is 0.355 e. The van der Waals surface area contributed by atoms with Crippen molar-refractivity contribution in [2.24, 2.45) is 0 Å². The molecule has 2 aromatic carbocycles. The van der Waals surface area contributed by atoms with E-state index in [9.17, 15) is 0 Å². The summed E-state index contributed by atoms with van der Waals surface area (Å²) in [4.78, 5) is 0. The van der Waals surface area contributed by atoms with Gasteiger partial charge in [0.15, 0.2) is 0 Å². The van der Waals surface area contributed by atoms with E-state index in [1.807, 2.05) is 24.3 Å². The number of anilines is 2. The number of nitriles is 2. The van der Waals surface area contributed by atoms with Crippen molar-refractivity contribution in [2.45, 2.75) is 6.42 Å². The van der Waals surface area contributed by atoms with Crippen molar-refractivity contribution in [1.82, 2.24) is 0 Å². The first-order chi connectivity index (χ1) is 8.80. The molecule has 84 valence electrons. The fraction of sp³-hybridized carbons (Fsp3) is 0.0667. The van der Waals surface area contributed by atoms with Crippen LogP contribution in [0.15, 0.2) is 36.4 Å². The van der Waals surface area contributed by atoms with Gasteiger partial charge in [0, 0.05) is 17.8 Å². The summed E-state index contributed by atoms with van der Waals surface area (Å²) in [6.07, 6.45) is 0.753. The van der Waals surface area contributed by atoms with Gasteiger partial charge in [0.2, 0.25) is 0 Å². The summed E-state index contributed by atoms with van der Waals surface area (Å²) in [7, 11) is 0. The predicted octanol–water partition coefficient (Wildman–Crippen LogP) is 3.08. The van der Waals surface area contributed by atoms with Crippen LogP contribution in [-0.2, 0) is 6.42 Å². The summed E-state index contributed by atoms with van der Waals surface area (Å²) in [5.41, 5.74) is 5.58. The lowest BCUT2D eigenvalue weighted by molar-refractivity contribution is 1.15. The Morgan fingerprint density at radius 2 is 1.33 bits per heavy atom. The van der Waals surface area contributed by atoms with Crippen LogP contribution in [0, 0.1) is 22.7 Å². The predicted molar refractivity (Wildman–Crippen MR) is 68.4 cm³/mol. The maximum Gasteiger partial charge on any atom is 0.0991 e. The molecule has 0 radical (unpaired) electrons. The second kappa shape index (κ2) is 3.91. The molecule has 0 atom stereocenters. The van der Waals surface area contributed by atoms with E-state index in [0.717, 1.165) is 28.9 Å². The first-order valence-electron chi connectivity index (χ1n) is 5.63. The minimum atomic E-state index is 0.662. The molecule has 1 heterocycles. The van der Waals surface area contributed by atoms with E-state index in [0.29, 0.717) is 11.1 Å². The SMILES string of the molecule is N#Cc1ccc2c(c1)Cc1cc(C#N)ccc1N2. The summed E-state index contributed by atoms with van der Waals surface area (Å²) in [6, 6.07) is 15.5. The Morgan fingerprint density at radius 1 is 0.833 bits per heavy atom. The molecular weight excluding hydrogens is 222 g/mol. The van der Waals surface area contributed by atoms with Crippen molar-refractivity contribution < 1.29 is 0 Å². The van der Waals surface area contributed by atoms with Crippen LogP contribution in [0.3, 0.4) is 0 Å². The molecule has 1 N–H and O–H groups in total. The quantitative estimate of drug-likeness (QED) is 0.646. The van der Waals surface area contributed by atoms with Crippen LogP contribution in [0.1, 0.15) is 22.3 Å². The monoisotopic (exact) mass is 231 g/mol. The minimum absolute atomic E-state index is 0.662. The third-order valence-electron chi connectivity index (χ3n) is 3.12. The molecule has 2 aromatic rings. The van der Waals surface area contributed by atoms with Gasteiger partial charge in [-0.3, -0.25) is 0 Å². The fourth-order valence-corrected chi connectivity index (χ4v) is 2.21. The maximum absolute atomic E-state index is 8.90. The van der Waals surface area contributed by atoms with Gasteiger partial charge in [0.05, 0.1) is 23.3 Å². The molecule has 1 aliphatic heterocycles. The Hall–Kier alpha value is -2.78. The smallest absolute Gasteiger partial charge is 0.0991 e. The summed E-state index contributed by atoms with van der Waals surface area (Å²) in [6.45, 7) is 0. The first-order valence-corrected chi connectivity index (χ1v) is 5.63. The fourth-order valence-electron chi connectivity index (χ4n) is 2.21. The van der Waals surface area contributed by atoms with E-state index >= 15 is 0 Å². The van der Waals surface area contributed by atoms with Crippen molar-refractivity contribution in [3.05, 3.63) is 58.7 Å². The molecule has 3 rings (SSSR count). The van der Waals surface area contributed by atoms with E-state index in [1.165, 1.54) is 0 Å². The van der Waals surface area contributed by atoms with Crippen molar-refractivity contribution in [3.8, 4) is 12.1 Å². The zero-order chi connectivity index (χ0) is 12.5. The number of hydrogen-bond acceptors (Lipinski definition) is 3. The Morgan fingerprint density at radius 3 is 1.78 bits per heavy atom. The second-order valence-electron chi connectivity index (χ2n) is 4.27. The van der Waals surface area contributed by atoms with Crippen molar-refractivity contribution in [2.75, 3.05) is 5.32 Å². The van der Waals surface area contributed by atoms with Gasteiger partial charge in [-0.2, -0.15) is 10.5 Å². The van der Waals surface area contributed by atoms with E-state index in [1.54, 1.807) is 12.1 Å². The molecule has 0 saturated carbocycles. The third kappa shape index (κ3) is 1.59. The Balaban J connectivity index is 2.07. The lowest BCUT2D eigenvalue weighted by Gasteiger charge is -2.21. The number of rotatable bonds is 0. The lowest BCUT2D eigenvalue weighted by atomic mass is 9.95. The molecule has 0 fully saturated rings. The average molecular weight is 231 g/mol.